The van der Waals surface area contributed by atoms with Crippen LogP contribution in [-0.2, 0) is 9.53 Å². The van der Waals surface area contributed by atoms with E-state index in [1.165, 1.54) is 7.11 Å². The third kappa shape index (κ3) is 2.44. The van der Waals surface area contributed by atoms with Gasteiger partial charge in [0, 0.05) is 0 Å². The molecule has 1 atom stereocenters. The van der Waals surface area contributed by atoms with Crippen molar-refractivity contribution in [2.24, 2.45) is 0 Å². The second-order valence-corrected chi connectivity index (χ2v) is 3.35. The van der Waals surface area contributed by atoms with Crippen LogP contribution in [0.15, 0.2) is 0 Å². The zero-order valence-electron chi connectivity index (χ0n) is 7.85. The molecular formula is C10H21NO2. The lowest BCUT2D eigenvalue weighted by molar-refractivity contribution is -0.148. The minimum atomic E-state index is -0.358. The molecule has 0 amide bonds. The Morgan fingerprint density at radius 1 is 1.62 bits per heavy atom. The number of nitrogens with one attached hydrogen (secondary N) is 1. The Bertz CT molecular complexity index is 162. The van der Waals surface area contributed by atoms with Gasteiger partial charge in [0.2, 0.25) is 0 Å². The molecule has 1 aliphatic rings. The van der Waals surface area contributed by atoms with E-state index in [0.717, 1.165) is 32.2 Å². The van der Waals surface area contributed by atoms with Gasteiger partial charge < -0.3 is 10.1 Å². The number of carbonyl (C=O) groups is 1. The Balaban J connectivity index is 0.00000144. The van der Waals surface area contributed by atoms with Crippen molar-refractivity contribution >= 4 is 5.97 Å². The van der Waals surface area contributed by atoms with Crippen molar-refractivity contribution in [3.05, 3.63) is 0 Å². The van der Waals surface area contributed by atoms with Gasteiger partial charge in [-0.25, -0.2) is 0 Å². The van der Waals surface area contributed by atoms with Crippen molar-refractivity contribution in [2.75, 3.05) is 13.7 Å². The molecule has 0 radical (unpaired) electrons. The minimum Gasteiger partial charge on any atom is -0.468 e. The number of rotatable bonds is 3. The highest BCUT2D eigenvalue weighted by Crippen LogP contribution is 2.25. The zero-order chi connectivity index (χ0) is 9.03. The number of hydrogen-bond donors (Lipinski definition) is 1. The monoisotopic (exact) mass is 187 g/mol. The van der Waals surface area contributed by atoms with Crippen molar-refractivity contribution < 1.29 is 9.53 Å². The van der Waals surface area contributed by atoms with Gasteiger partial charge in [0.1, 0.15) is 5.54 Å². The topological polar surface area (TPSA) is 38.3 Å². The van der Waals surface area contributed by atoms with Crippen molar-refractivity contribution in [1.82, 2.24) is 5.32 Å². The maximum atomic E-state index is 11.4. The summed E-state index contributed by atoms with van der Waals surface area (Å²) in [5.41, 5.74) is -0.358. The van der Waals surface area contributed by atoms with Crippen LogP contribution in [0.3, 0.4) is 0 Å². The van der Waals surface area contributed by atoms with Crippen molar-refractivity contribution in [3.8, 4) is 0 Å². The average molecular weight is 187 g/mol. The summed E-state index contributed by atoms with van der Waals surface area (Å²) >= 11 is 0. The molecule has 1 aliphatic heterocycles. The van der Waals surface area contributed by atoms with Gasteiger partial charge in [-0.2, -0.15) is 0 Å². The van der Waals surface area contributed by atoms with Gasteiger partial charge in [0.25, 0.3) is 0 Å². The molecule has 3 heteroatoms. The van der Waals surface area contributed by atoms with Crippen LogP contribution in [-0.4, -0.2) is 25.2 Å². The van der Waals surface area contributed by atoms with Crippen LogP contribution in [0.5, 0.6) is 0 Å². The summed E-state index contributed by atoms with van der Waals surface area (Å²) in [6.07, 6.45) is 3.91. The summed E-state index contributed by atoms with van der Waals surface area (Å²) in [4.78, 5) is 11.4. The molecule has 1 fully saturated rings. The highest BCUT2D eigenvalue weighted by molar-refractivity contribution is 5.81. The molecule has 1 heterocycles. The lowest BCUT2D eigenvalue weighted by atomic mass is 9.92. The molecule has 0 aromatic rings. The molecule has 0 saturated carbocycles. The molecule has 1 rings (SSSR count). The van der Waals surface area contributed by atoms with E-state index in [4.69, 9.17) is 4.74 Å². The summed E-state index contributed by atoms with van der Waals surface area (Å²) in [5, 5.41) is 3.25. The Labute approximate surface area is 80.8 Å². The largest absolute Gasteiger partial charge is 0.468 e. The molecule has 13 heavy (non-hydrogen) atoms. The summed E-state index contributed by atoms with van der Waals surface area (Å²) in [5.74, 6) is -0.0955. The number of esters is 1. The van der Waals surface area contributed by atoms with Crippen molar-refractivity contribution in [1.29, 1.82) is 0 Å². The van der Waals surface area contributed by atoms with Crippen LogP contribution in [0.1, 0.15) is 40.0 Å². The molecule has 0 spiro atoms. The minimum absolute atomic E-state index is 0. The summed E-state index contributed by atoms with van der Waals surface area (Å²) in [6, 6.07) is 0. The van der Waals surface area contributed by atoms with Crippen molar-refractivity contribution in [2.45, 2.75) is 45.6 Å². The van der Waals surface area contributed by atoms with Gasteiger partial charge in [-0.05, 0) is 25.8 Å². The molecule has 0 bridgehead atoms. The van der Waals surface area contributed by atoms with Gasteiger partial charge in [0.05, 0.1) is 7.11 Å². The van der Waals surface area contributed by atoms with Gasteiger partial charge >= 0.3 is 5.97 Å². The maximum Gasteiger partial charge on any atom is 0.326 e. The Morgan fingerprint density at radius 3 is 2.69 bits per heavy atom. The van der Waals surface area contributed by atoms with E-state index < -0.39 is 0 Å². The second kappa shape index (κ2) is 5.22. The number of ether oxygens (including phenoxy) is 1. The van der Waals surface area contributed by atoms with Crippen molar-refractivity contribution in [3.63, 3.8) is 0 Å². The van der Waals surface area contributed by atoms with E-state index in [0.29, 0.717) is 0 Å². The van der Waals surface area contributed by atoms with E-state index in [1.807, 2.05) is 0 Å². The van der Waals surface area contributed by atoms with E-state index in [2.05, 4.69) is 12.2 Å². The highest BCUT2D eigenvalue weighted by Gasteiger charge is 2.40. The fourth-order valence-electron chi connectivity index (χ4n) is 1.92. The van der Waals surface area contributed by atoms with E-state index in [1.54, 1.807) is 0 Å². The standard InChI is InChI=1S/C9H17NO2.CH4/c1-3-5-9(8(11)12-2)6-4-7-10-9;/h10H,3-7H2,1-2H3;1H4. The van der Waals surface area contributed by atoms with Crippen LogP contribution >= 0.6 is 0 Å². The number of hydrogen-bond acceptors (Lipinski definition) is 3. The van der Waals surface area contributed by atoms with E-state index in [9.17, 15) is 4.79 Å². The summed E-state index contributed by atoms with van der Waals surface area (Å²) in [7, 11) is 1.46. The Kier molecular flexibility index (Phi) is 4.99. The molecule has 0 aromatic heterocycles. The fourth-order valence-corrected chi connectivity index (χ4v) is 1.92. The zero-order valence-corrected chi connectivity index (χ0v) is 7.85. The number of carbonyl (C=O) groups excluding carboxylic acids is 1. The third-order valence-electron chi connectivity index (χ3n) is 2.50. The van der Waals surface area contributed by atoms with Gasteiger partial charge in [-0.15, -0.1) is 0 Å². The number of methoxy groups -OCH3 is 1. The first-order valence-electron chi connectivity index (χ1n) is 4.58. The molecule has 1 unspecified atom stereocenters. The summed E-state index contributed by atoms with van der Waals surface area (Å²) in [6.45, 7) is 3.03. The first kappa shape index (κ1) is 12.4. The van der Waals surface area contributed by atoms with E-state index >= 15 is 0 Å². The van der Waals surface area contributed by atoms with Crippen LogP contribution in [0.25, 0.3) is 0 Å². The highest BCUT2D eigenvalue weighted by atomic mass is 16.5. The van der Waals surface area contributed by atoms with Gasteiger partial charge in [-0.1, -0.05) is 20.8 Å². The summed E-state index contributed by atoms with van der Waals surface area (Å²) < 4.78 is 4.79. The molecule has 1 saturated heterocycles. The van der Waals surface area contributed by atoms with Crippen LogP contribution < -0.4 is 5.32 Å². The Morgan fingerprint density at radius 2 is 2.31 bits per heavy atom. The lowest BCUT2D eigenvalue weighted by Gasteiger charge is -2.25. The molecular weight excluding hydrogens is 166 g/mol. The van der Waals surface area contributed by atoms with E-state index in [-0.39, 0.29) is 18.9 Å². The smallest absolute Gasteiger partial charge is 0.326 e. The van der Waals surface area contributed by atoms with Crippen LogP contribution in [0, 0.1) is 0 Å². The third-order valence-corrected chi connectivity index (χ3v) is 2.50. The van der Waals surface area contributed by atoms with Gasteiger partial charge in [-0.3, -0.25) is 4.79 Å². The molecule has 0 aliphatic carbocycles. The SMILES string of the molecule is C.CCCC1(C(=O)OC)CCCN1. The average Bonchev–Trinajstić information content (AvgIpc) is 2.53. The van der Waals surface area contributed by atoms with Gasteiger partial charge in [0.15, 0.2) is 0 Å². The maximum absolute atomic E-state index is 11.4. The Hall–Kier alpha value is -0.570. The predicted molar refractivity (Wildman–Crippen MR) is 53.6 cm³/mol. The fraction of sp³-hybridized carbons (Fsp3) is 0.900. The quantitative estimate of drug-likeness (QED) is 0.684. The first-order valence-corrected chi connectivity index (χ1v) is 4.58. The molecule has 1 N–H and O–H groups in total. The predicted octanol–water partition coefficient (Wildman–Crippen LogP) is 1.72. The van der Waals surface area contributed by atoms with Crippen LogP contribution in [0.4, 0.5) is 0 Å². The molecule has 3 nitrogen and oxygen atoms in total. The second-order valence-electron chi connectivity index (χ2n) is 3.35. The normalized spacial score (nSPS) is 26.6. The molecule has 0 aromatic carbocycles. The van der Waals surface area contributed by atoms with Crippen LogP contribution in [0.2, 0.25) is 0 Å². The first-order chi connectivity index (χ1) is 5.75. The lowest BCUT2D eigenvalue weighted by Crippen LogP contribution is -2.48. The molecule has 78 valence electrons.